The van der Waals surface area contributed by atoms with Gasteiger partial charge in [0.25, 0.3) is 0 Å². The van der Waals surface area contributed by atoms with E-state index in [0.717, 1.165) is 6.07 Å². The van der Waals surface area contributed by atoms with Crippen molar-refractivity contribution in [1.82, 2.24) is 0 Å². The molecule has 0 aliphatic carbocycles. The minimum atomic E-state index is -4.53. The third-order valence-electron chi connectivity index (χ3n) is 3.23. The SMILES string of the molecule is CCC(CC)(C(=O)O)S(=O)(=O)c1cc(F)ccc1F. The van der Waals surface area contributed by atoms with Crippen LogP contribution in [0.2, 0.25) is 0 Å². The van der Waals surface area contributed by atoms with Gasteiger partial charge in [0.05, 0.1) is 0 Å². The van der Waals surface area contributed by atoms with Gasteiger partial charge < -0.3 is 5.11 Å². The molecule has 1 aromatic rings. The van der Waals surface area contributed by atoms with Crippen LogP contribution in [0.3, 0.4) is 0 Å². The molecule has 0 saturated carbocycles. The number of hydrogen-bond donors (Lipinski definition) is 1. The molecule has 0 atom stereocenters. The van der Waals surface area contributed by atoms with Gasteiger partial charge in [-0.25, -0.2) is 17.2 Å². The molecule has 1 aromatic carbocycles. The zero-order valence-electron chi connectivity index (χ0n) is 10.5. The van der Waals surface area contributed by atoms with Crippen molar-refractivity contribution in [3.8, 4) is 0 Å². The van der Waals surface area contributed by atoms with Gasteiger partial charge in [0.2, 0.25) is 0 Å². The molecule has 1 N–H and O–H groups in total. The molecule has 0 saturated heterocycles. The fourth-order valence-corrected chi connectivity index (χ4v) is 3.94. The average Bonchev–Trinajstić information content (AvgIpc) is 2.33. The van der Waals surface area contributed by atoms with E-state index in [1.54, 1.807) is 0 Å². The van der Waals surface area contributed by atoms with E-state index in [2.05, 4.69) is 0 Å². The Kier molecular flexibility index (Phi) is 4.29. The van der Waals surface area contributed by atoms with Crippen molar-refractivity contribution in [2.75, 3.05) is 0 Å². The number of benzene rings is 1. The minimum Gasteiger partial charge on any atom is -0.480 e. The Morgan fingerprint density at radius 1 is 1.26 bits per heavy atom. The third kappa shape index (κ3) is 2.34. The zero-order valence-corrected chi connectivity index (χ0v) is 11.3. The summed E-state index contributed by atoms with van der Waals surface area (Å²) in [6, 6.07) is 1.95. The van der Waals surface area contributed by atoms with Crippen molar-refractivity contribution in [2.24, 2.45) is 0 Å². The molecule has 0 spiro atoms. The number of hydrogen-bond acceptors (Lipinski definition) is 3. The summed E-state index contributed by atoms with van der Waals surface area (Å²) >= 11 is 0. The Morgan fingerprint density at radius 3 is 2.21 bits per heavy atom. The van der Waals surface area contributed by atoms with Gasteiger partial charge in [-0.05, 0) is 31.0 Å². The van der Waals surface area contributed by atoms with Crippen LogP contribution < -0.4 is 0 Å². The van der Waals surface area contributed by atoms with E-state index in [9.17, 15) is 27.1 Å². The second-order valence-corrected chi connectivity index (χ2v) is 6.31. The quantitative estimate of drug-likeness (QED) is 0.904. The number of carboxylic acid groups (broad SMARTS) is 1. The highest BCUT2D eigenvalue weighted by molar-refractivity contribution is 7.93. The maximum absolute atomic E-state index is 13.6. The number of rotatable bonds is 5. The summed E-state index contributed by atoms with van der Waals surface area (Å²) in [6.07, 6.45) is -0.478. The van der Waals surface area contributed by atoms with Gasteiger partial charge in [-0.15, -0.1) is 0 Å². The molecule has 0 amide bonds. The molecule has 0 bridgehead atoms. The average molecular weight is 292 g/mol. The first kappa shape index (κ1) is 15.6. The fraction of sp³-hybridized carbons (Fsp3) is 0.417. The smallest absolute Gasteiger partial charge is 0.325 e. The van der Waals surface area contributed by atoms with Gasteiger partial charge >= 0.3 is 5.97 Å². The van der Waals surface area contributed by atoms with E-state index in [0.29, 0.717) is 12.1 Å². The van der Waals surface area contributed by atoms with Crippen molar-refractivity contribution >= 4 is 15.8 Å². The van der Waals surface area contributed by atoms with Crippen molar-refractivity contribution in [1.29, 1.82) is 0 Å². The number of carbonyl (C=O) groups is 1. The molecule has 0 aromatic heterocycles. The van der Waals surface area contributed by atoms with Crippen LogP contribution in [0, 0.1) is 11.6 Å². The van der Waals surface area contributed by atoms with E-state index >= 15 is 0 Å². The molecule has 0 unspecified atom stereocenters. The molecule has 0 fully saturated rings. The standard InChI is InChI=1S/C12H14F2O4S/c1-3-12(4-2,11(15)16)19(17,18)10-7-8(13)5-6-9(10)14/h5-7H,3-4H2,1-2H3,(H,15,16). The lowest BCUT2D eigenvalue weighted by Gasteiger charge is -2.26. The number of aliphatic carboxylic acids is 1. The van der Waals surface area contributed by atoms with Crippen molar-refractivity contribution in [3.63, 3.8) is 0 Å². The Hall–Kier alpha value is -1.50. The van der Waals surface area contributed by atoms with E-state index in [1.165, 1.54) is 13.8 Å². The van der Waals surface area contributed by atoms with E-state index < -0.39 is 37.1 Å². The minimum absolute atomic E-state index is 0.239. The van der Waals surface area contributed by atoms with Crippen molar-refractivity contribution in [2.45, 2.75) is 36.3 Å². The molecule has 7 heteroatoms. The van der Waals surface area contributed by atoms with Crippen LogP contribution >= 0.6 is 0 Å². The highest BCUT2D eigenvalue weighted by Gasteiger charge is 2.49. The first-order valence-corrected chi connectivity index (χ1v) is 7.14. The first-order chi connectivity index (χ1) is 8.72. The number of sulfone groups is 1. The van der Waals surface area contributed by atoms with Gasteiger partial charge in [0, 0.05) is 0 Å². The Morgan fingerprint density at radius 2 is 1.79 bits per heavy atom. The van der Waals surface area contributed by atoms with Crippen LogP contribution in [0.1, 0.15) is 26.7 Å². The van der Waals surface area contributed by atoms with Gasteiger partial charge in [-0.1, -0.05) is 13.8 Å². The lowest BCUT2D eigenvalue weighted by molar-refractivity contribution is -0.140. The molecule has 0 radical (unpaired) electrons. The Balaban J connectivity index is 3.62. The second-order valence-electron chi connectivity index (χ2n) is 4.08. The fourth-order valence-electron chi connectivity index (χ4n) is 1.94. The maximum atomic E-state index is 13.6. The summed E-state index contributed by atoms with van der Waals surface area (Å²) in [5.74, 6) is -3.67. The van der Waals surface area contributed by atoms with Crippen molar-refractivity contribution < 1.29 is 27.1 Å². The molecule has 4 nitrogen and oxygen atoms in total. The second kappa shape index (κ2) is 5.24. The summed E-state index contributed by atoms with van der Waals surface area (Å²) in [6.45, 7) is 2.76. The van der Waals surface area contributed by atoms with Gasteiger partial charge in [-0.3, -0.25) is 4.79 Å². The van der Waals surface area contributed by atoms with Crippen LogP contribution in [-0.2, 0) is 14.6 Å². The van der Waals surface area contributed by atoms with Crippen molar-refractivity contribution in [3.05, 3.63) is 29.8 Å². The van der Waals surface area contributed by atoms with Gasteiger partial charge in [0.15, 0.2) is 14.6 Å². The van der Waals surface area contributed by atoms with Crippen LogP contribution in [0.25, 0.3) is 0 Å². The van der Waals surface area contributed by atoms with Crippen LogP contribution in [0.15, 0.2) is 23.1 Å². The molecule has 0 heterocycles. The van der Waals surface area contributed by atoms with Gasteiger partial charge in [0.1, 0.15) is 16.5 Å². The topological polar surface area (TPSA) is 71.4 Å². The summed E-state index contributed by atoms with van der Waals surface area (Å²) in [7, 11) is -4.53. The molecule has 19 heavy (non-hydrogen) atoms. The lowest BCUT2D eigenvalue weighted by atomic mass is 10.0. The summed E-state index contributed by atoms with van der Waals surface area (Å²) in [4.78, 5) is 10.4. The zero-order chi connectivity index (χ0) is 14.8. The molecule has 0 aliphatic rings. The van der Waals surface area contributed by atoms with Crippen LogP contribution in [-0.4, -0.2) is 24.2 Å². The molecule has 106 valence electrons. The normalized spacial score (nSPS) is 12.4. The molecule has 1 rings (SSSR count). The van der Waals surface area contributed by atoms with E-state index in [4.69, 9.17) is 0 Å². The monoisotopic (exact) mass is 292 g/mol. The predicted octanol–water partition coefficient (Wildman–Crippen LogP) is 2.38. The molecular formula is C12H14F2O4S. The molecule has 0 aliphatic heterocycles. The summed E-state index contributed by atoms with van der Waals surface area (Å²) in [5, 5.41) is 9.19. The largest absolute Gasteiger partial charge is 0.480 e. The van der Waals surface area contributed by atoms with Crippen LogP contribution in [0.5, 0.6) is 0 Å². The predicted molar refractivity (Wildman–Crippen MR) is 64.5 cm³/mol. The third-order valence-corrected chi connectivity index (χ3v) is 5.90. The highest BCUT2D eigenvalue weighted by atomic mass is 32.2. The van der Waals surface area contributed by atoms with Gasteiger partial charge in [-0.2, -0.15) is 0 Å². The lowest BCUT2D eigenvalue weighted by Crippen LogP contribution is -2.45. The number of carboxylic acids is 1. The Bertz CT molecular complexity index is 592. The summed E-state index contributed by atoms with van der Waals surface area (Å²) < 4.78 is 49.2. The van der Waals surface area contributed by atoms with E-state index in [-0.39, 0.29) is 12.8 Å². The Labute approximate surface area is 110 Å². The maximum Gasteiger partial charge on any atom is 0.325 e. The first-order valence-electron chi connectivity index (χ1n) is 5.66. The van der Waals surface area contributed by atoms with E-state index in [1.807, 2.05) is 0 Å². The number of halogens is 2. The highest BCUT2D eigenvalue weighted by Crippen LogP contribution is 2.34. The van der Waals surface area contributed by atoms with Crippen LogP contribution in [0.4, 0.5) is 8.78 Å². The molecular weight excluding hydrogens is 278 g/mol. The summed E-state index contributed by atoms with van der Waals surface area (Å²) in [5.41, 5.74) is 0.